The van der Waals surface area contributed by atoms with Gasteiger partial charge in [0.2, 0.25) is 0 Å². The van der Waals surface area contributed by atoms with Crippen molar-refractivity contribution < 1.29 is 13.2 Å². The molecule has 0 aliphatic rings. The molecule has 1 aromatic carbocycles. The molecule has 2 N–H and O–H groups in total. The van der Waals surface area contributed by atoms with Crippen molar-refractivity contribution in [1.82, 2.24) is 9.55 Å². The maximum atomic E-state index is 13.6. The molecule has 0 aliphatic heterocycles. The Bertz CT molecular complexity index is 877. The fourth-order valence-electron chi connectivity index (χ4n) is 2.52. The molecule has 0 atom stereocenters. The van der Waals surface area contributed by atoms with E-state index < -0.39 is 11.7 Å². The van der Waals surface area contributed by atoms with E-state index in [0.717, 1.165) is 6.08 Å². The maximum absolute atomic E-state index is 13.6. The van der Waals surface area contributed by atoms with Gasteiger partial charge in [-0.1, -0.05) is 30.3 Å². The van der Waals surface area contributed by atoms with Crippen LogP contribution in [0.1, 0.15) is 11.1 Å². The zero-order chi connectivity index (χ0) is 16.6. The van der Waals surface area contributed by atoms with Gasteiger partial charge >= 0.3 is 6.18 Å². The number of rotatable bonds is 2. The second kappa shape index (κ2) is 5.46. The summed E-state index contributed by atoms with van der Waals surface area (Å²) in [6.07, 6.45) is -0.494. The Morgan fingerprint density at radius 3 is 2.57 bits per heavy atom. The Morgan fingerprint density at radius 1 is 1.22 bits per heavy atom. The van der Waals surface area contributed by atoms with Crippen molar-refractivity contribution >= 4 is 28.4 Å². The lowest BCUT2D eigenvalue weighted by Gasteiger charge is -2.11. The second-order valence-electron chi connectivity index (χ2n) is 5.26. The van der Waals surface area contributed by atoms with Crippen molar-refractivity contribution in [2.75, 3.05) is 5.73 Å². The first-order valence-electron chi connectivity index (χ1n) is 6.91. The summed E-state index contributed by atoms with van der Waals surface area (Å²) in [5.74, 6) is 0. The summed E-state index contributed by atoms with van der Waals surface area (Å²) in [5.41, 5.74) is 6.30. The van der Waals surface area contributed by atoms with Crippen LogP contribution in [0.5, 0.6) is 0 Å². The summed E-state index contributed by atoms with van der Waals surface area (Å²) in [7, 11) is 1.66. The number of nitrogen functional groups attached to an aromatic ring is 1. The third-order valence-corrected chi connectivity index (χ3v) is 3.54. The number of allylic oxidation sites excluding steroid dienone is 1. The van der Waals surface area contributed by atoms with Gasteiger partial charge in [-0.15, -0.1) is 0 Å². The standard InChI is InChI=1S/C17H14F3N3/c1-23-10-14(13-8-12(21)9-22-16(13)23)15(17(18,19)20)7-11-5-3-2-4-6-11/h2-10H,21H2,1H3. The highest BCUT2D eigenvalue weighted by molar-refractivity contribution is 5.98. The Balaban J connectivity index is 2.27. The van der Waals surface area contributed by atoms with Crippen molar-refractivity contribution in [3.63, 3.8) is 0 Å². The van der Waals surface area contributed by atoms with E-state index in [1.807, 2.05) is 0 Å². The molecule has 0 spiro atoms. The first-order chi connectivity index (χ1) is 10.9. The second-order valence-corrected chi connectivity index (χ2v) is 5.26. The van der Waals surface area contributed by atoms with Crippen LogP contribution >= 0.6 is 0 Å². The number of halogens is 3. The van der Waals surface area contributed by atoms with E-state index in [9.17, 15) is 13.2 Å². The van der Waals surface area contributed by atoms with Crippen LogP contribution in [0.4, 0.5) is 18.9 Å². The highest BCUT2D eigenvalue weighted by atomic mass is 19.4. The number of nitrogens with two attached hydrogens (primary N) is 1. The summed E-state index contributed by atoms with van der Waals surface area (Å²) in [4.78, 5) is 4.12. The molecule has 0 saturated carbocycles. The zero-order valence-electron chi connectivity index (χ0n) is 12.3. The Hall–Kier alpha value is -2.76. The summed E-state index contributed by atoms with van der Waals surface area (Å²) in [6, 6.07) is 9.92. The first-order valence-corrected chi connectivity index (χ1v) is 6.91. The Labute approximate surface area is 130 Å². The highest BCUT2D eigenvalue weighted by Gasteiger charge is 2.36. The van der Waals surface area contributed by atoms with Gasteiger partial charge in [-0.25, -0.2) is 4.98 Å². The molecule has 0 bridgehead atoms. The van der Waals surface area contributed by atoms with Gasteiger partial charge in [-0.2, -0.15) is 13.2 Å². The van der Waals surface area contributed by atoms with E-state index in [-0.39, 0.29) is 5.56 Å². The normalized spacial score (nSPS) is 12.8. The van der Waals surface area contributed by atoms with Crippen LogP contribution in [0.2, 0.25) is 0 Å². The molecule has 0 radical (unpaired) electrons. The molecular weight excluding hydrogens is 303 g/mol. The predicted octanol–water partition coefficient (Wildman–Crippen LogP) is 4.26. The molecule has 6 heteroatoms. The summed E-state index contributed by atoms with van der Waals surface area (Å²) in [5, 5.41) is 0.381. The van der Waals surface area contributed by atoms with E-state index in [4.69, 9.17) is 5.73 Å². The molecule has 118 valence electrons. The molecule has 3 rings (SSSR count). The van der Waals surface area contributed by atoms with Gasteiger partial charge in [-0.05, 0) is 17.7 Å². The van der Waals surface area contributed by atoms with Crippen molar-refractivity contribution in [1.29, 1.82) is 0 Å². The predicted molar refractivity (Wildman–Crippen MR) is 85.5 cm³/mol. The number of hydrogen-bond acceptors (Lipinski definition) is 2. The number of anilines is 1. The fourth-order valence-corrected chi connectivity index (χ4v) is 2.52. The van der Waals surface area contributed by atoms with Gasteiger partial charge in [0.1, 0.15) is 5.65 Å². The number of aryl methyl sites for hydroxylation is 1. The van der Waals surface area contributed by atoms with E-state index in [2.05, 4.69) is 4.98 Å². The Kier molecular flexibility index (Phi) is 3.60. The largest absolute Gasteiger partial charge is 0.417 e. The number of pyridine rings is 1. The minimum absolute atomic E-state index is 0.0682. The van der Waals surface area contributed by atoms with Crippen LogP contribution in [-0.4, -0.2) is 15.7 Å². The molecule has 0 aliphatic carbocycles. The number of alkyl halides is 3. The highest BCUT2D eigenvalue weighted by Crippen LogP contribution is 2.39. The monoisotopic (exact) mass is 317 g/mol. The molecule has 2 heterocycles. The lowest BCUT2D eigenvalue weighted by Crippen LogP contribution is -2.10. The molecule has 0 amide bonds. The third kappa shape index (κ3) is 2.92. The van der Waals surface area contributed by atoms with Crippen LogP contribution in [-0.2, 0) is 7.05 Å². The van der Waals surface area contributed by atoms with E-state index in [1.54, 1.807) is 41.9 Å². The van der Waals surface area contributed by atoms with Crippen molar-refractivity contribution in [3.8, 4) is 0 Å². The SMILES string of the molecule is Cn1cc(C(=Cc2ccccc2)C(F)(F)F)c2cc(N)cnc21. The van der Waals surface area contributed by atoms with Gasteiger partial charge in [0.15, 0.2) is 0 Å². The lowest BCUT2D eigenvalue weighted by atomic mass is 10.0. The van der Waals surface area contributed by atoms with Crippen LogP contribution in [0.3, 0.4) is 0 Å². The third-order valence-electron chi connectivity index (χ3n) is 3.54. The number of fused-ring (bicyclic) bond motifs is 1. The quantitative estimate of drug-likeness (QED) is 0.767. The van der Waals surface area contributed by atoms with E-state index >= 15 is 0 Å². The minimum Gasteiger partial charge on any atom is -0.397 e. The number of aromatic nitrogens is 2. The fraction of sp³-hybridized carbons (Fsp3) is 0.118. The summed E-state index contributed by atoms with van der Waals surface area (Å²) >= 11 is 0. The molecule has 3 aromatic rings. The van der Waals surface area contributed by atoms with Crippen LogP contribution < -0.4 is 5.73 Å². The van der Waals surface area contributed by atoms with Crippen molar-refractivity contribution in [3.05, 3.63) is 59.9 Å². The average Bonchev–Trinajstić information content (AvgIpc) is 2.81. The molecular formula is C17H14F3N3. The average molecular weight is 317 g/mol. The zero-order valence-corrected chi connectivity index (χ0v) is 12.3. The number of hydrogen-bond donors (Lipinski definition) is 1. The molecule has 0 unspecified atom stereocenters. The van der Waals surface area contributed by atoms with Crippen molar-refractivity contribution in [2.45, 2.75) is 6.18 Å². The molecule has 0 fully saturated rings. The topological polar surface area (TPSA) is 43.8 Å². The minimum atomic E-state index is -4.49. The first kappa shape index (κ1) is 15.1. The van der Waals surface area contributed by atoms with Crippen molar-refractivity contribution in [2.24, 2.45) is 7.05 Å². The smallest absolute Gasteiger partial charge is 0.397 e. The van der Waals surface area contributed by atoms with E-state index in [0.29, 0.717) is 22.3 Å². The van der Waals surface area contributed by atoms with Gasteiger partial charge in [0, 0.05) is 24.2 Å². The van der Waals surface area contributed by atoms with Crippen LogP contribution in [0, 0.1) is 0 Å². The lowest BCUT2D eigenvalue weighted by molar-refractivity contribution is -0.0682. The number of nitrogens with zero attached hydrogens (tertiary/aromatic N) is 2. The number of benzene rings is 1. The molecule has 0 saturated heterocycles. The van der Waals surface area contributed by atoms with Crippen LogP contribution in [0.25, 0.3) is 22.7 Å². The van der Waals surface area contributed by atoms with E-state index in [1.165, 1.54) is 18.5 Å². The molecule has 23 heavy (non-hydrogen) atoms. The van der Waals surface area contributed by atoms with Crippen LogP contribution in [0.15, 0.2) is 48.8 Å². The van der Waals surface area contributed by atoms with Gasteiger partial charge in [-0.3, -0.25) is 0 Å². The summed E-state index contributed by atoms with van der Waals surface area (Å²) < 4.78 is 42.4. The van der Waals surface area contributed by atoms with Gasteiger partial charge < -0.3 is 10.3 Å². The Morgan fingerprint density at radius 2 is 1.91 bits per heavy atom. The molecule has 2 aromatic heterocycles. The molecule has 3 nitrogen and oxygen atoms in total. The summed E-state index contributed by atoms with van der Waals surface area (Å²) in [6.45, 7) is 0. The maximum Gasteiger partial charge on any atom is 0.417 e. The van der Waals surface area contributed by atoms with Gasteiger partial charge in [0.25, 0.3) is 0 Å². The van der Waals surface area contributed by atoms with Gasteiger partial charge in [0.05, 0.1) is 17.5 Å².